The molecule has 122 valence electrons. The second-order valence-electron chi connectivity index (χ2n) is 6.61. The first-order valence-electron chi connectivity index (χ1n) is 7.59. The minimum absolute atomic E-state index is 0.0121. The van der Waals surface area contributed by atoms with E-state index in [9.17, 15) is 4.39 Å². The number of ether oxygens (including phenoxy) is 1. The summed E-state index contributed by atoms with van der Waals surface area (Å²) in [5, 5.41) is 6.66. The van der Waals surface area contributed by atoms with Crippen LogP contribution in [-0.2, 0) is 11.3 Å². The van der Waals surface area contributed by atoms with Gasteiger partial charge in [0.25, 0.3) is 0 Å². The smallest absolute Gasteiger partial charge is 0.191 e. The summed E-state index contributed by atoms with van der Waals surface area (Å²) in [6.07, 6.45) is 0.928. The van der Waals surface area contributed by atoms with Crippen molar-refractivity contribution in [2.24, 2.45) is 10.4 Å². The number of hydrogen-bond donors (Lipinski definition) is 2. The zero-order chi connectivity index (χ0) is 16.4. The number of guanidine groups is 1. The molecular weight excluding hydrogens is 281 g/mol. The van der Waals surface area contributed by atoms with Crippen LogP contribution >= 0.6 is 0 Å². The van der Waals surface area contributed by atoms with Crippen LogP contribution < -0.4 is 10.6 Å². The van der Waals surface area contributed by atoms with Crippen LogP contribution in [0.3, 0.4) is 0 Å². The highest BCUT2D eigenvalue weighted by molar-refractivity contribution is 5.80. The van der Waals surface area contributed by atoms with Gasteiger partial charge in [-0.05, 0) is 31.0 Å². The van der Waals surface area contributed by atoms with Gasteiger partial charge in [0.2, 0.25) is 0 Å². The van der Waals surface area contributed by atoms with Crippen LogP contribution in [0.5, 0.6) is 0 Å². The molecule has 2 atom stereocenters. The lowest BCUT2D eigenvalue weighted by atomic mass is 9.56. The molecule has 1 aliphatic carbocycles. The Morgan fingerprint density at radius 3 is 2.68 bits per heavy atom. The van der Waals surface area contributed by atoms with E-state index < -0.39 is 0 Å². The van der Waals surface area contributed by atoms with Gasteiger partial charge in [-0.1, -0.05) is 26.0 Å². The monoisotopic (exact) mass is 307 g/mol. The molecule has 0 bridgehead atoms. The molecule has 2 rings (SSSR count). The fourth-order valence-corrected chi connectivity index (χ4v) is 2.92. The Balaban J connectivity index is 1.92. The standard InChI is InChI=1S/C17H26FN3O/c1-16(2)14(10-17(16,3)22-5)21-15(19-4)20-11-12-7-6-8-13(18)9-12/h6-9,14H,10-11H2,1-5H3,(H2,19,20,21). The predicted molar refractivity (Wildman–Crippen MR) is 87.3 cm³/mol. The molecular formula is C17H26FN3O. The zero-order valence-electron chi connectivity index (χ0n) is 14.0. The SMILES string of the molecule is CN=C(NCc1cccc(F)c1)NC1CC(C)(OC)C1(C)C. The number of halogens is 1. The fourth-order valence-electron chi connectivity index (χ4n) is 2.92. The molecule has 4 nitrogen and oxygen atoms in total. The Kier molecular flexibility index (Phi) is 4.75. The van der Waals surface area contributed by atoms with Crippen molar-refractivity contribution < 1.29 is 9.13 Å². The first-order chi connectivity index (χ1) is 10.3. The Morgan fingerprint density at radius 2 is 2.14 bits per heavy atom. The van der Waals surface area contributed by atoms with Crippen molar-refractivity contribution in [3.8, 4) is 0 Å². The van der Waals surface area contributed by atoms with Crippen LogP contribution in [0.15, 0.2) is 29.3 Å². The molecule has 0 aliphatic heterocycles. The van der Waals surface area contributed by atoms with Gasteiger partial charge in [-0.3, -0.25) is 4.99 Å². The topological polar surface area (TPSA) is 45.7 Å². The maximum atomic E-state index is 13.2. The first kappa shape index (κ1) is 16.7. The first-order valence-corrected chi connectivity index (χ1v) is 7.59. The third kappa shape index (κ3) is 3.09. The van der Waals surface area contributed by atoms with E-state index in [-0.39, 0.29) is 22.9 Å². The molecule has 0 saturated heterocycles. The minimum Gasteiger partial charge on any atom is -0.378 e. The number of nitrogens with zero attached hydrogens (tertiary/aromatic N) is 1. The Labute approximate surface area is 132 Å². The average Bonchev–Trinajstić information content (AvgIpc) is 2.50. The van der Waals surface area contributed by atoms with E-state index in [0.29, 0.717) is 6.54 Å². The van der Waals surface area contributed by atoms with Gasteiger partial charge >= 0.3 is 0 Å². The Morgan fingerprint density at radius 1 is 1.41 bits per heavy atom. The second-order valence-corrected chi connectivity index (χ2v) is 6.61. The summed E-state index contributed by atoms with van der Waals surface area (Å²) in [6.45, 7) is 7.05. The third-order valence-electron chi connectivity index (χ3n) is 5.16. The largest absolute Gasteiger partial charge is 0.378 e. The summed E-state index contributed by atoms with van der Waals surface area (Å²) < 4.78 is 18.8. The van der Waals surface area contributed by atoms with Gasteiger partial charge in [-0.25, -0.2) is 4.39 Å². The average molecular weight is 307 g/mol. The van der Waals surface area contributed by atoms with Gasteiger partial charge in [-0.15, -0.1) is 0 Å². The van der Waals surface area contributed by atoms with Crippen molar-refractivity contribution in [1.29, 1.82) is 0 Å². The zero-order valence-corrected chi connectivity index (χ0v) is 14.0. The van der Waals surface area contributed by atoms with Gasteiger partial charge in [0, 0.05) is 32.2 Å². The van der Waals surface area contributed by atoms with Crippen molar-refractivity contribution in [3.05, 3.63) is 35.6 Å². The van der Waals surface area contributed by atoms with E-state index in [4.69, 9.17) is 4.74 Å². The molecule has 1 aliphatic rings. The van der Waals surface area contributed by atoms with Crippen LogP contribution in [0.1, 0.15) is 32.8 Å². The fraction of sp³-hybridized carbons (Fsp3) is 0.588. The predicted octanol–water partition coefficient (Wildman–Crippen LogP) is 2.69. The molecule has 2 unspecified atom stereocenters. The van der Waals surface area contributed by atoms with E-state index in [1.807, 2.05) is 6.07 Å². The number of aliphatic imine (C=N–C) groups is 1. The summed E-state index contributed by atoms with van der Waals surface area (Å²) in [6, 6.07) is 6.85. The molecule has 1 fully saturated rings. The van der Waals surface area contributed by atoms with Gasteiger partial charge < -0.3 is 15.4 Å². The summed E-state index contributed by atoms with van der Waals surface area (Å²) in [5.74, 6) is 0.499. The van der Waals surface area contributed by atoms with Crippen LogP contribution in [0.25, 0.3) is 0 Å². The van der Waals surface area contributed by atoms with Crippen molar-refractivity contribution in [2.45, 2.75) is 45.4 Å². The lowest BCUT2D eigenvalue weighted by Gasteiger charge is -2.59. The highest BCUT2D eigenvalue weighted by Crippen LogP contribution is 2.51. The van der Waals surface area contributed by atoms with Crippen LogP contribution in [0, 0.1) is 11.2 Å². The quantitative estimate of drug-likeness (QED) is 0.664. The summed E-state index contributed by atoms with van der Waals surface area (Å²) in [7, 11) is 3.50. The molecule has 0 heterocycles. The van der Waals surface area contributed by atoms with Crippen molar-refractivity contribution >= 4 is 5.96 Å². The number of methoxy groups -OCH3 is 1. The van der Waals surface area contributed by atoms with E-state index in [2.05, 4.69) is 36.4 Å². The van der Waals surface area contributed by atoms with E-state index >= 15 is 0 Å². The van der Waals surface area contributed by atoms with Crippen molar-refractivity contribution in [3.63, 3.8) is 0 Å². The number of nitrogens with one attached hydrogen (secondary N) is 2. The lowest BCUT2D eigenvalue weighted by molar-refractivity contribution is -0.176. The molecule has 2 N–H and O–H groups in total. The maximum Gasteiger partial charge on any atom is 0.191 e. The second kappa shape index (κ2) is 6.24. The van der Waals surface area contributed by atoms with Gasteiger partial charge in [0.1, 0.15) is 5.82 Å². The van der Waals surface area contributed by atoms with Gasteiger partial charge in [-0.2, -0.15) is 0 Å². The summed E-state index contributed by atoms with van der Waals surface area (Å²) in [5.41, 5.74) is 0.780. The van der Waals surface area contributed by atoms with Crippen LogP contribution in [0.2, 0.25) is 0 Å². The summed E-state index contributed by atoms with van der Waals surface area (Å²) in [4.78, 5) is 4.25. The van der Waals surface area contributed by atoms with Crippen molar-refractivity contribution in [1.82, 2.24) is 10.6 Å². The van der Waals surface area contributed by atoms with Crippen LogP contribution in [0.4, 0.5) is 4.39 Å². The van der Waals surface area contributed by atoms with E-state index in [1.54, 1.807) is 20.2 Å². The molecule has 0 spiro atoms. The molecule has 5 heteroatoms. The number of rotatable bonds is 4. The molecule has 0 amide bonds. The highest BCUT2D eigenvalue weighted by atomic mass is 19.1. The number of benzene rings is 1. The maximum absolute atomic E-state index is 13.2. The molecule has 1 aromatic carbocycles. The molecule has 0 radical (unpaired) electrons. The van der Waals surface area contributed by atoms with E-state index in [1.165, 1.54) is 12.1 Å². The Hall–Kier alpha value is -1.62. The lowest BCUT2D eigenvalue weighted by Crippen LogP contribution is -2.69. The van der Waals surface area contributed by atoms with Crippen LogP contribution in [-0.4, -0.2) is 31.8 Å². The normalized spacial score (nSPS) is 27.2. The number of hydrogen-bond acceptors (Lipinski definition) is 2. The van der Waals surface area contributed by atoms with Crippen molar-refractivity contribution in [2.75, 3.05) is 14.2 Å². The van der Waals surface area contributed by atoms with Gasteiger partial charge in [0.15, 0.2) is 5.96 Å². The Bertz CT molecular complexity index is 559. The van der Waals surface area contributed by atoms with Gasteiger partial charge in [0.05, 0.1) is 5.60 Å². The molecule has 1 aromatic rings. The molecule has 0 aromatic heterocycles. The highest BCUT2D eigenvalue weighted by Gasteiger charge is 2.58. The molecule has 22 heavy (non-hydrogen) atoms. The molecule has 1 saturated carbocycles. The van der Waals surface area contributed by atoms with E-state index in [0.717, 1.165) is 17.9 Å². The third-order valence-corrected chi connectivity index (χ3v) is 5.16. The summed E-state index contributed by atoms with van der Waals surface area (Å²) >= 11 is 0. The minimum atomic E-state index is -0.224.